The number of benzene rings is 4. The average Bonchev–Trinajstić information content (AvgIpc) is 0.787. The topological polar surface area (TPSA) is 424 Å². The van der Waals surface area contributed by atoms with Crippen LogP contribution < -0.4 is 63.8 Å². The van der Waals surface area contributed by atoms with Gasteiger partial charge in [0.05, 0.1) is 168 Å². The molecule has 35 nitrogen and oxygen atoms in total. The fourth-order valence-electron chi connectivity index (χ4n) is 11.5. The number of urea groups is 2. The van der Waals surface area contributed by atoms with Crippen LogP contribution in [-0.4, -0.2) is 327 Å². The van der Waals surface area contributed by atoms with E-state index in [9.17, 15) is 19.2 Å². The molecule has 0 spiro atoms. The summed E-state index contributed by atoms with van der Waals surface area (Å²) in [6, 6.07) is 26.7. The number of halogens is 2. The minimum Gasteiger partial charge on any atom is -0.378 e. The molecule has 4 aromatic carbocycles. The van der Waals surface area contributed by atoms with E-state index in [2.05, 4.69) is 106 Å². The molecule has 0 unspecified atom stereocenters. The predicted molar refractivity (Wildman–Crippen MR) is 423 cm³/mol. The van der Waals surface area contributed by atoms with Crippen molar-refractivity contribution in [1.29, 1.82) is 10.8 Å². The van der Waals surface area contributed by atoms with Gasteiger partial charge >= 0.3 is 12.1 Å². The molecule has 2 saturated heterocycles. The van der Waals surface area contributed by atoms with Gasteiger partial charge in [0.2, 0.25) is 23.7 Å². The van der Waals surface area contributed by atoms with E-state index in [-0.39, 0.29) is 74.0 Å². The van der Waals surface area contributed by atoms with Crippen LogP contribution in [0.25, 0.3) is 44.3 Å². The number of nitrogens with zero attached hydrogens (tertiary/aromatic N) is 9. The Hall–Kier alpha value is -8.76. The van der Waals surface area contributed by atoms with Crippen molar-refractivity contribution in [3.63, 3.8) is 0 Å². The molecule has 8 rings (SSSR count). The number of hydrogen-bond donors (Lipinski definition) is 12. The Morgan fingerprint density at radius 2 is 0.718 bits per heavy atom. The van der Waals surface area contributed by atoms with Crippen LogP contribution in [0, 0.1) is 10.8 Å². The number of anilines is 4. The van der Waals surface area contributed by atoms with Crippen molar-refractivity contribution in [2.75, 3.05) is 277 Å². The highest BCUT2D eigenvalue weighted by atomic mass is 35.5. The van der Waals surface area contributed by atoms with Gasteiger partial charge in [-0.05, 0) is 67.7 Å². The Morgan fingerprint density at radius 3 is 1.05 bits per heavy atom. The van der Waals surface area contributed by atoms with Gasteiger partial charge in [0.25, 0.3) is 0 Å². The van der Waals surface area contributed by atoms with Crippen LogP contribution in [0.15, 0.2) is 84.9 Å². The Kier molecular flexibility index (Phi) is 39.6. The van der Waals surface area contributed by atoms with E-state index in [1.54, 1.807) is 24.1 Å². The number of piperazine rings is 2. The summed E-state index contributed by atoms with van der Waals surface area (Å²) in [7, 11) is 1.67. The number of hydrogen-bond acceptors (Lipinski definition) is 25. The van der Waals surface area contributed by atoms with Gasteiger partial charge in [0.1, 0.15) is 0 Å². The summed E-state index contributed by atoms with van der Waals surface area (Å²) in [4.78, 5) is 78.5. The molecule has 0 saturated carbocycles. The first kappa shape index (κ1) is 86.8. The second-order valence-electron chi connectivity index (χ2n) is 25.3. The number of amides is 6. The smallest absolute Gasteiger partial charge is 0.314 e. The number of likely N-dealkylation sites (N-methyl/N-ethyl adjacent to an activating group) is 1. The van der Waals surface area contributed by atoms with E-state index in [1.165, 1.54) is 0 Å². The van der Waals surface area contributed by atoms with Crippen molar-refractivity contribution in [3.05, 3.63) is 95.0 Å². The number of nitrogens with one attached hydrogen (secondary N) is 10. The maximum atomic E-state index is 12.4. The minimum absolute atomic E-state index is 0.0279. The first-order valence-corrected chi connectivity index (χ1v) is 37.7. The Bertz CT molecular complexity index is 3550. The van der Waals surface area contributed by atoms with Crippen molar-refractivity contribution in [2.24, 2.45) is 11.5 Å². The Morgan fingerprint density at radius 1 is 0.409 bits per heavy atom. The van der Waals surface area contributed by atoms with Crippen molar-refractivity contribution >= 4 is 104 Å². The lowest BCUT2D eigenvalue weighted by atomic mass is 10.1. The molecule has 2 fully saturated rings. The fraction of sp³-hybridized carbons (Fsp3) is 0.534. The first-order chi connectivity index (χ1) is 53.6. The Labute approximate surface area is 651 Å². The maximum absolute atomic E-state index is 12.4. The summed E-state index contributed by atoms with van der Waals surface area (Å²) < 4.78 is 56.1. The van der Waals surface area contributed by atoms with Crippen LogP contribution in [0.1, 0.15) is 0 Å². The summed E-state index contributed by atoms with van der Waals surface area (Å²) in [6.45, 7) is 18.4. The Balaban J connectivity index is 0.495. The molecule has 4 heterocycles. The van der Waals surface area contributed by atoms with Crippen LogP contribution in [-0.2, 0) is 57.0 Å². The summed E-state index contributed by atoms with van der Waals surface area (Å²) in [5, 5.41) is 40.0. The minimum atomic E-state index is -0.328. The van der Waals surface area contributed by atoms with E-state index in [0.29, 0.717) is 191 Å². The molecule has 0 atom stereocenters. The van der Waals surface area contributed by atoms with Gasteiger partial charge in [0.15, 0.2) is 11.9 Å². The number of fused-ring (bicyclic) bond motifs is 2. The number of carbonyl (C=O) groups excluding carboxylic acids is 4. The van der Waals surface area contributed by atoms with Crippen LogP contribution in [0.4, 0.5) is 32.9 Å². The van der Waals surface area contributed by atoms with Gasteiger partial charge < -0.3 is 101 Å². The first-order valence-electron chi connectivity index (χ1n) is 37.0. The van der Waals surface area contributed by atoms with Crippen LogP contribution in [0.2, 0.25) is 10.0 Å². The number of carbonyl (C=O) groups is 4. The second kappa shape index (κ2) is 50.2. The van der Waals surface area contributed by atoms with Crippen molar-refractivity contribution in [3.8, 4) is 22.5 Å². The monoisotopic (exact) mass is 1570 g/mol. The zero-order chi connectivity index (χ0) is 77.8. The molecular formula is C73H107Cl2N21O14. The fourth-order valence-corrected chi connectivity index (χ4v) is 11.9. The summed E-state index contributed by atoms with van der Waals surface area (Å²) in [5.74, 6) is -0.489. The molecule has 0 bridgehead atoms. The normalized spacial score (nSPS) is 13.4. The lowest BCUT2D eigenvalue weighted by Gasteiger charge is -2.36. The van der Waals surface area contributed by atoms with E-state index >= 15 is 0 Å². The number of rotatable bonds is 52. The van der Waals surface area contributed by atoms with Crippen LogP contribution in [0.5, 0.6) is 0 Å². The summed E-state index contributed by atoms with van der Waals surface area (Å²) in [6.07, 6.45) is 0. The molecule has 110 heavy (non-hydrogen) atoms. The van der Waals surface area contributed by atoms with E-state index in [4.69, 9.17) is 92.9 Å². The highest BCUT2D eigenvalue weighted by Crippen LogP contribution is 2.34. The zero-order valence-corrected chi connectivity index (χ0v) is 64.1. The van der Waals surface area contributed by atoms with E-state index in [1.807, 2.05) is 48.5 Å². The summed E-state index contributed by atoms with van der Waals surface area (Å²) >= 11 is 12.7. The SMILES string of the molecule is CN(CC(=O)NCCOCCOCCNC(=O)NCCOCCOCCOCCN1CCN(c2cccc(-c3nc(NC(=N)N)nc4ccc(Cl)cc34)c2)CC1)CC(=O)NCCOCCOCCNC(=O)NCCOCCOCCOCCN1CCN(c2cccc(-c3nc(NC(=N)N)nc4ccc(Cl)cc34)c2)CC1. The van der Waals surface area contributed by atoms with Gasteiger partial charge in [-0.15, -0.1) is 0 Å². The van der Waals surface area contributed by atoms with Gasteiger partial charge in [-0.1, -0.05) is 47.5 Å². The number of nitrogens with two attached hydrogens (primary N) is 2. The average molecular weight is 1570 g/mol. The number of guanidine groups is 2. The third-order valence-electron chi connectivity index (χ3n) is 17.0. The molecule has 37 heteroatoms. The molecule has 2 aliphatic heterocycles. The molecule has 0 radical (unpaired) electrons. The lowest BCUT2D eigenvalue weighted by molar-refractivity contribution is -0.124. The molecule has 2 aromatic heterocycles. The quantitative estimate of drug-likeness (QED) is 0.0148. The van der Waals surface area contributed by atoms with E-state index < -0.39 is 0 Å². The van der Waals surface area contributed by atoms with Gasteiger partial charge in [-0.3, -0.25) is 45.7 Å². The number of aromatic nitrogens is 4. The van der Waals surface area contributed by atoms with Crippen LogP contribution in [0.3, 0.4) is 0 Å². The van der Waals surface area contributed by atoms with Gasteiger partial charge in [0, 0.05) is 148 Å². The maximum Gasteiger partial charge on any atom is 0.314 e. The highest BCUT2D eigenvalue weighted by Gasteiger charge is 2.22. The van der Waals surface area contributed by atoms with Crippen molar-refractivity contribution in [2.45, 2.75) is 0 Å². The molecule has 6 amide bonds. The van der Waals surface area contributed by atoms with Crippen LogP contribution >= 0.6 is 23.2 Å². The third kappa shape index (κ3) is 33.4. The lowest BCUT2D eigenvalue weighted by Crippen LogP contribution is -2.47. The van der Waals surface area contributed by atoms with E-state index in [0.717, 1.165) is 98.7 Å². The van der Waals surface area contributed by atoms with Crippen molar-refractivity contribution < 1.29 is 66.5 Å². The second-order valence-corrected chi connectivity index (χ2v) is 26.2. The molecule has 6 aromatic rings. The molecule has 2 aliphatic rings. The summed E-state index contributed by atoms with van der Waals surface area (Å²) in [5.41, 5.74) is 17.9. The molecular weight excluding hydrogens is 1470 g/mol. The van der Waals surface area contributed by atoms with Gasteiger partial charge in [-0.2, -0.15) is 0 Å². The van der Waals surface area contributed by atoms with Gasteiger partial charge in [-0.25, -0.2) is 29.5 Å². The molecule has 14 N–H and O–H groups in total. The highest BCUT2D eigenvalue weighted by molar-refractivity contribution is 6.32. The molecule has 602 valence electrons. The number of ether oxygens (including phenoxy) is 10. The zero-order valence-electron chi connectivity index (χ0n) is 62.6. The third-order valence-corrected chi connectivity index (χ3v) is 17.4. The predicted octanol–water partition coefficient (Wildman–Crippen LogP) is 2.70. The largest absolute Gasteiger partial charge is 0.378 e. The van der Waals surface area contributed by atoms with Crippen molar-refractivity contribution in [1.82, 2.24) is 66.5 Å². The molecule has 0 aliphatic carbocycles. The standard InChI is InChI=1S/C73H107Cl2N21O14/c1-92(52-64(97)80-12-28-101-36-38-103-30-14-82-72(99)84-16-32-105-40-44-109-46-42-107-34-26-93-18-22-95(23-19-93)58-6-2-4-54(48-58)66-60-50-56(74)8-10-62(60)86-70(88-66)90-68(76)77)53-65(98)81-13-29-102-37-39-104-31-15-83-73(100)85-17-33-106-41-45-110-47-43-108-35-27-94-20-24-96(25-21-94)59-7-3-5-55(49-59)67-61-51-57(75)9-11-63(61)87-71(89-67)91-69(78)79/h2-11,48-51H,12-47,52-53H2,1H3,(H,80,97)(H,81,98)(H2,82,84,99)(H2,83,85,100)(H4,76,77,86,88,90)(H4,78,79,87,89,91).